The standard InChI is InChI=1S/C12H8BrCl2NO/c13-12-11(2-1-5-16-12)17-7-8-6-9(14)3-4-10(8)15/h1-6H,7H2. The van der Waals surface area contributed by atoms with Crippen LogP contribution in [0.5, 0.6) is 5.75 Å². The van der Waals surface area contributed by atoms with E-state index in [0.29, 0.717) is 27.0 Å². The summed E-state index contributed by atoms with van der Waals surface area (Å²) in [4.78, 5) is 4.06. The van der Waals surface area contributed by atoms with Gasteiger partial charge in [-0.05, 0) is 46.3 Å². The van der Waals surface area contributed by atoms with Crippen LogP contribution in [0.3, 0.4) is 0 Å². The molecule has 2 aromatic rings. The van der Waals surface area contributed by atoms with Crippen LogP contribution in [0, 0.1) is 0 Å². The van der Waals surface area contributed by atoms with Gasteiger partial charge in [-0.1, -0.05) is 23.2 Å². The number of benzene rings is 1. The Morgan fingerprint density at radius 3 is 2.82 bits per heavy atom. The number of hydrogen-bond acceptors (Lipinski definition) is 2. The van der Waals surface area contributed by atoms with Crippen LogP contribution in [0.4, 0.5) is 0 Å². The van der Waals surface area contributed by atoms with Crippen molar-refractivity contribution in [2.45, 2.75) is 6.61 Å². The lowest BCUT2D eigenvalue weighted by atomic mass is 10.2. The molecule has 0 spiro atoms. The number of ether oxygens (including phenoxy) is 1. The Labute approximate surface area is 118 Å². The lowest BCUT2D eigenvalue weighted by Gasteiger charge is -2.08. The summed E-state index contributed by atoms with van der Waals surface area (Å²) in [7, 11) is 0. The molecule has 1 aromatic heterocycles. The van der Waals surface area contributed by atoms with Crippen LogP contribution in [-0.4, -0.2) is 4.98 Å². The van der Waals surface area contributed by atoms with Crippen LogP contribution in [0.1, 0.15) is 5.56 Å². The normalized spacial score (nSPS) is 10.3. The van der Waals surface area contributed by atoms with Gasteiger partial charge in [0.05, 0.1) is 0 Å². The molecule has 0 aliphatic heterocycles. The fourth-order valence-electron chi connectivity index (χ4n) is 1.29. The van der Waals surface area contributed by atoms with Crippen molar-refractivity contribution in [1.82, 2.24) is 4.98 Å². The predicted octanol–water partition coefficient (Wildman–Crippen LogP) is 4.73. The first kappa shape index (κ1) is 12.7. The number of aromatic nitrogens is 1. The minimum atomic E-state index is 0.351. The first-order valence-corrected chi connectivity index (χ1v) is 6.39. The van der Waals surface area contributed by atoms with Gasteiger partial charge in [-0.2, -0.15) is 0 Å². The van der Waals surface area contributed by atoms with Gasteiger partial charge in [-0.25, -0.2) is 4.98 Å². The quantitative estimate of drug-likeness (QED) is 0.758. The number of rotatable bonds is 3. The molecule has 0 radical (unpaired) electrons. The van der Waals surface area contributed by atoms with Crippen LogP contribution in [0.25, 0.3) is 0 Å². The van der Waals surface area contributed by atoms with Gasteiger partial charge < -0.3 is 4.74 Å². The van der Waals surface area contributed by atoms with Crippen molar-refractivity contribution in [3.05, 3.63) is 56.7 Å². The number of nitrogens with zero attached hydrogens (tertiary/aromatic N) is 1. The lowest BCUT2D eigenvalue weighted by Crippen LogP contribution is -1.97. The van der Waals surface area contributed by atoms with Gasteiger partial charge in [0, 0.05) is 21.8 Å². The molecule has 0 amide bonds. The van der Waals surface area contributed by atoms with Gasteiger partial charge in [0.25, 0.3) is 0 Å². The SMILES string of the molecule is Clc1ccc(Cl)c(COc2cccnc2Br)c1. The van der Waals surface area contributed by atoms with E-state index in [0.717, 1.165) is 5.56 Å². The molecule has 1 heterocycles. The third kappa shape index (κ3) is 3.35. The summed E-state index contributed by atoms with van der Waals surface area (Å²) < 4.78 is 6.27. The van der Waals surface area contributed by atoms with E-state index < -0.39 is 0 Å². The van der Waals surface area contributed by atoms with Crippen molar-refractivity contribution in [2.75, 3.05) is 0 Å². The summed E-state index contributed by atoms with van der Waals surface area (Å²) in [5.41, 5.74) is 0.843. The largest absolute Gasteiger partial charge is 0.486 e. The molecular formula is C12H8BrCl2NO. The molecule has 0 saturated carbocycles. The Kier molecular flexibility index (Phi) is 4.26. The molecule has 5 heteroatoms. The Morgan fingerprint density at radius 2 is 2.06 bits per heavy atom. The number of halogens is 3. The Balaban J connectivity index is 2.12. The summed E-state index contributed by atoms with van der Waals surface area (Å²) in [6.45, 7) is 0.351. The van der Waals surface area contributed by atoms with Crippen LogP contribution < -0.4 is 4.74 Å². The van der Waals surface area contributed by atoms with Crippen molar-refractivity contribution in [1.29, 1.82) is 0 Å². The van der Waals surface area contributed by atoms with E-state index in [4.69, 9.17) is 27.9 Å². The molecule has 0 fully saturated rings. The van der Waals surface area contributed by atoms with Crippen LogP contribution in [0.2, 0.25) is 10.0 Å². The molecule has 0 unspecified atom stereocenters. The minimum absolute atomic E-state index is 0.351. The van der Waals surface area contributed by atoms with Crippen LogP contribution in [-0.2, 0) is 6.61 Å². The summed E-state index contributed by atoms with van der Waals surface area (Å²) in [5, 5.41) is 1.27. The van der Waals surface area contributed by atoms with E-state index in [1.807, 2.05) is 6.07 Å². The van der Waals surface area contributed by atoms with Crippen LogP contribution >= 0.6 is 39.1 Å². The monoisotopic (exact) mass is 331 g/mol. The van der Waals surface area contributed by atoms with Gasteiger partial charge in [0.2, 0.25) is 0 Å². The minimum Gasteiger partial charge on any atom is -0.486 e. The molecule has 1 aromatic carbocycles. The summed E-state index contributed by atoms with van der Waals surface area (Å²) in [5.74, 6) is 0.670. The van der Waals surface area contributed by atoms with Crippen molar-refractivity contribution >= 4 is 39.1 Å². The van der Waals surface area contributed by atoms with Gasteiger partial charge >= 0.3 is 0 Å². The van der Waals surface area contributed by atoms with Crippen molar-refractivity contribution in [2.24, 2.45) is 0 Å². The highest BCUT2D eigenvalue weighted by Crippen LogP contribution is 2.25. The topological polar surface area (TPSA) is 22.1 Å². The Morgan fingerprint density at radius 1 is 1.24 bits per heavy atom. The van der Waals surface area contributed by atoms with E-state index >= 15 is 0 Å². The van der Waals surface area contributed by atoms with E-state index in [1.165, 1.54) is 0 Å². The molecule has 0 N–H and O–H groups in total. The fraction of sp³-hybridized carbons (Fsp3) is 0.0833. The Bertz CT molecular complexity index is 534. The zero-order valence-corrected chi connectivity index (χ0v) is 11.8. The highest BCUT2D eigenvalue weighted by atomic mass is 79.9. The van der Waals surface area contributed by atoms with Crippen molar-refractivity contribution in [3.8, 4) is 5.75 Å². The highest BCUT2D eigenvalue weighted by Gasteiger charge is 2.05. The second kappa shape index (κ2) is 5.71. The Hall–Kier alpha value is -0.770. The van der Waals surface area contributed by atoms with Crippen LogP contribution in [0.15, 0.2) is 41.1 Å². The average Bonchev–Trinajstić information content (AvgIpc) is 2.32. The van der Waals surface area contributed by atoms with Gasteiger partial charge in [0.1, 0.15) is 11.2 Å². The molecule has 0 aliphatic carbocycles. The van der Waals surface area contributed by atoms with E-state index in [-0.39, 0.29) is 0 Å². The second-order valence-electron chi connectivity index (χ2n) is 3.32. The molecule has 0 bridgehead atoms. The smallest absolute Gasteiger partial charge is 0.152 e. The number of pyridine rings is 1. The second-order valence-corrected chi connectivity index (χ2v) is 4.91. The average molecular weight is 333 g/mol. The van der Waals surface area contributed by atoms with Crippen molar-refractivity contribution < 1.29 is 4.74 Å². The van der Waals surface area contributed by atoms with Gasteiger partial charge in [-0.3, -0.25) is 0 Å². The predicted molar refractivity (Wildman–Crippen MR) is 72.7 cm³/mol. The maximum absolute atomic E-state index is 6.04. The first-order chi connectivity index (χ1) is 8.16. The molecule has 2 nitrogen and oxygen atoms in total. The molecule has 0 aliphatic rings. The van der Waals surface area contributed by atoms with Gasteiger partial charge in [0.15, 0.2) is 5.75 Å². The van der Waals surface area contributed by atoms with Crippen molar-refractivity contribution in [3.63, 3.8) is 0 Å². The summed E-state index contributed by atoms with van der Waals surface area (Å²) in [6, 6.07) is 8.91. The number of hydrogen-bond donors (Lipinski definition) is 0. The van der Waals surface area contributed by atoms with E-state index in [2.05, 4.69) is 20.9 Å². The molecule has 88 valence electrons. The third-order valence-corrected chi connectivity index (χ3v) is 3.32. The first-order valence-electron chi connectivity index (χ1n) is 4.84. The molecule has 17 heavy (non-hydrogen) atoms. The molecule has 0 atom stereocenters. The molecule has 0 saturated heterocycles. The fourth-order valence-corrected chi connectivity index (χ4v) is 2.02. The van der Waals surface area contributed by atoms with Gasteiger partial charge in [-0.15, -0.1) is 0 Å². The van der Waals surface area contributed by atoms with E-state index in [9.17, 15) is 0 Å². The van der Waals surface area contributed by atoms with E-state index in [1.54, 1.807) is 30.5 Å². The lowest BCUT2D eigenvalue weighted by molar-refractivity contribution is 0.303. The maximum atomic E-state index is 6.04. The zero-order valence-electron chi connectivity index (χ0n) is 8.66. The molecule has 2 rings (SSSR count). The highest BCUT2D eigenvalue weighted by molar-refractivity contribution is 9.10. The molecular weight excluding hydrogens is 325 g/mol. The third-order valence-electron chi connectivity index (χ3n) is 2.12. The maximum Gasteiger partial charge on any atom is 0.152 e. The zero-order chi connectivity index (χ0) is 12.3. The summed E-state index contributed by atoms with van der Waals surface area (Å²) >= 11 is 15.2. The summed E-state index contributed by atoms with van der Waals surface area (Å²) in [6.07, 6.45) is 1.68.